The van der Waals surface area contributed by atoms with Crippen molar-refractivity contribution < 1.29 is 9.53 Å². The number of Topliss-reactive ketones (excluding diaryl/α,β-unsaturated/α-hetero) is 1. The summed E-state index contributed by atoms with van der Waals surface area (Å²) in [6.45, 7) is 6.46. The van der Waals surface area contributed by atoms with Crippen LogP contribution in [0.15, 0.2) is 24.3 Å². The molecule has 0 aliphatic rings. The second kappa shape index (κ2) is 6.94. The number of carbonyl (C=O) groups is 1. The van der Waals surface area contributed by atoms with E-state index in [-0.39, 0.29) is 11.9 Å². The van der Waals surface area contributed by atoms with E-state index in [1.54, 1.807) is 6.92 Å². The van der Waals surface area contributed by atoms with Crippen LogP contribution in [0, 0.1) is 0 Å². The fourth-order valence-corrected chi connectivity index (χ4v) is 1.49. The van der Waals surface area contributed by atoms with Crippen molar-refractivity contribution in [2.45, 2.75) is 39.7 Å². The lowest BCUT2D eigenvalue weighted by atomic mass is 10.2. The number of hydrogen-bond donors (Lipinski definition) is 1. The molecule has 0 saturated carbocycles. The Morgan fingerprint density at radius 1 is 1.29 bits per heavy atom. The SMILES string of the molecule is CC(=O)CCCNc1ccc(OC(C)C)cc1. The first-order valence-corrected chi connectivity index (χ1v) is 6.08. The van der Waals surface area contributed by atoms with E-state index in [0.29, 0.717) is 6.42 Å². The Morgan fingerprint density at radius 2 is 1.94 bits per heavy atom. The first kappa shape index (κ1) is 13.6. The highest BCUT2D eigenvalue weighted by Gasteiger charge is 1.98. The van der Waals surface area contributed by atoms with Gasteiger partial charge in [0.05, 0.1) is 6.10 Å². The minimum atomic E-state index is 0.198. The van der Waals surface area contributed by atoms with Crippen molar-refractivity contribution in [1.82, 2.24) is 0 Å². The zero-order valence-corrected chi connectivity index (χ0v) is 10.8. The molecule has 0 heterocycles. The Bertz CT molecular complexity index is 344. The van der Waals surface area contributed by atoms with E-state index in [0.717, 1.165) is 24.4 Å². The lowest BCUT2D eigenvalue weighted by Crippen LogP contribution is -2.06. The first-order chi connectivity index (χ1) is 8.08. The van der Waals surface area contributed by atoms with Gasteiger partial charge in [0.1, 0.15) is 11.5 Å². The highest BCUT2D eigenvalue weighted by atomic mass is 16.5. The van der Waals surface area contributed by atoms with E-state index in [1.165, 1.54) is 0 Å². The number of benzene rings is 1. The molecule has 0 atom stereocenters. The van der Waals surface area contributed by atoms with Gasteiger partial charge in [0.2, 0.25) is 0 Å². The topological polar surface area (TPSA) is 38.3 Å². The fraction of sp³-hybridized carbons (Fsp3) is 0.500. The third kappa shape index (κ3) is 5.95. The highest BCUT2D eigenvalue weighted by Crippen LogP contribution is 2.16. The number of ether oxygens (including phenoxy) is 1. The molecular formula is C14H21NO2. The molecule has 0 fully saturated rings. The highest BCUT2D eigenvalue weighted by molar-refractivity contribution is 5.75. The maximum Gasteiger partial charge on any atom is 0.129 e. The maximum atomic E-state index is 10.8. The zero-order valence-electron chi connectivity index (χ0n) is 10.8. The lowest BCUT2D eigenvalue weighted by Gasteiger charge is -2.10. The molecule has 0 unspecified atom stereocenters. The molecule has 3 heteroatoms. The van der Waals surface area contributed by atoms with Crippen LogP contribution in [-0.4, -0.2) is 18.4 Å². The quantitative estimate of drug-likeness (QED) is 0.737. The number of nitrogens with one attached hydrogen (secondary N) is 1. The van der Waals surface area contributed by atoms with E-state index >= 15 is 0 Å². The fourth-order valence-electron chi connectivity index (χ4n) is 1.49. The molecule has 94 valence electrons. The first-order valence-electron chi connectivity index (χ1n) is 6.08. The smallest absolute Gasteiger partial charge is 0.129 e. The van der Waals surface area contributed by atoms with Crippen LogP contribution in [0.25, 0.3) is 0 Å². The van der Waals surface area contributed by atoms with Crippen LogP contribution in [0.5, 0.6) is 5.75 Å². The molecule has 1 N–H and O–H groups in total. The molecular weight excluding hydrogens is 214 g/mol. The molecule has 1 aromatic carbocycles. The van der Waals surface area contributed by atoms with Gasteiger partial charge in [-0.05, 0) is 51.5 Å². The molecule has 1 rings (SSSR count). The van der Waals surface area contributed by atoms with E-state index in [9.17, 15) is 4.79 Å². The molecule has 0 aliphatic heterocycles. The second-order valence-electron chi connectivity index (χ2n) is 4.42. The summed E-state index contributed by atoms with van der Waals surface area (Å²) >= 11 is 0. The van der Waals surface area contributed by atoms with Crippen LogP contribution in [0.3, 0.4) is 0 Å². The molecule has 0 radical (unpaired) electrons. The molecule has 0 amide bonds. The van der Waals surface area contributed by atoms with Crippen molar-refractivity contribution in [1.29, 1.82) is 0 Å². The van der Waals surface area contributed by atoms with Gasteiger partial charge in [0, 0.05) is 18.7 Å². The molecule has 0 spiro atoms. The largest absolute Gasteiger partial charge is 0.491 e. The molecule has 0 bridgehead atoms. The third-order valence-electron chi connectivity index (χ3n) is 2.26. The maximum absolute atomic E-state index is 10.8. The lowest BCUT2D eigenvalue weighted by molar-refractivity contribution is -0.117. The average molecular weight is 235 g/mol. The van der Waals surface area contributed by atoms with Crippen LogP contribution < -0.4 is 10.1 Å². The van der Waals surface area contributed by atoms with E-state index in [1.807, 2.05) is 38.1 Å². The van der Waals surface area contributed by atoms with Crippen LogP contribution in [0.1, 0.15) is 33.6 Å². The molecule has 3 nitrogen and oxygen atoms in total. The van der Waals surface area contributed by atoms with Crippen LogP contribution in [0.4, 0.5) is 5.69 Å². The van der Waals surface area contributed by atoms with Gasteiger partial charge in [-0.2, -0.15) is 0 Å². The molecule has 0 aromatic heterocycles. The van der Waals surface area contributed by atoms with Gasteiger partial charge in [-0.15, -0.1) is 0 Å². The van der Waals surface area contributed by atoms with E-state index < -0.39 is 0 Å². The summed E-state index contributed by atoms with van der Waals surface area (Å²) in [7, 11) is 0. The van der Waals surface area contributed by atoms with Gasteiger partial charge >= 0.3 is 0 Å². The van der Waals surface area contributed by atoms with Crippen molar-refractivity contribution in [3.63, 3.8) is 0 Å². The number of anilines is 1. The van der Waals surface area contributed by atoms with Crippen molar-refractivity contribution in [3.05, 3.63) is 24.3 Å². The minimum Gasteiger partial charge on any atom is -0.491 e. The standard InChI is InChI=1S/C14H21NO2/c1-11(2)17-14-8-6-13(7-9-14)15-10-4-5-12(3)16/h6-9,11,15H,4-5,10H2,1-3H3. The zero-order chi connectivity index (χ0) is 12.7. The minimum absolute atomic E-state index is 0.198. The van der Waals surface area contributed by atoms with Crippen LogP contribution in [-0.2, 0) is 4.79 Å². The average Bonchev–Trinajstić information content (AvgIpc) is 2.25. The number of ketones is 1. The second-order valence-corrected chi connectivity index (χ2v) is 4.42. The summed E-state index contributed by atoms with van der Waals surface area (Å²) in [6.07, 6.45) is 1.71. The van der Waals surface area contributed by atoms with Crippen molar-refractivity contribution in [3.8, 4) is 5.75 Å². The summed E-state index contributed by atoms with van der Waals surface area (Å²) in [6, 6.07) is 7.89. The van der Waals surface area contributed by atoms with E-state index in [4.69, 9.17) is 4.74 Å². The summed E-state index contributed by atoms with van der Waals surface area (Å²) in [5.41, 5.74) is 1.06. The van der Waals surface area contributed by atoms with Gasteiger partial charge in [-0.25, -0.2) is 0 Å². The Balaban J connectivity index is 2.32. The van der Waals surface area contributed by atoms with E-state index in [2.05, 4.69) is 5.32 Å². The predicted molar refractivity (Wildman–Crippen MR) is 70.6 cm³/mol. The summed E-state index contributed by atoms with van der Waals surface area (Å²) < 4.78 is 5.55. The number of carbonyl (C=O) groups excluding carboxylic acids is 1. The van der Waals surface area contributed by atoms with Crippen LogP contribution >= 0.6 is 0 Å². The summed E-state index contributed by atoms with van der Waals surface area (Å²) in [5, 5.41) is 3.27. The summed E-state index contributed by atoms with van der Waals surface area (Å²) in [4.78, 5) is 10.8. The Kier molecular flexibility index (Phi) is 5.53. The molecule has 0 aliphatic carbocycles. The van der Waals surface area contributed by atoms with Gasteiger partial charge in [0.25, 0.3) is 0 Å². The van der Waals surface area contributed by atoms with Gasteiger partial charge in [-0.1, -0.05) is 0 Å². The Hall–Kier alpha value is -1.51. The van der Waals surface area contributed by atoms with Crippen molar-refractivity contribution >= 4 is 11.5 Å². The normalized spacial score (nSPS) is 10.4. The van der Waals surface area contributed by atoms with Gasteiger partial charge < -0.3 is 14.8 Å². The van der Waals surface area contributed by atoms with Crippen molar-refractivity contribution in [2.75, 3.05) is 11.9 Å². The molecule has 17 heavy (non-hydrogen) atoms. The molecule has 0 saturated heterocycles. The monoisotopic (exact) mass is 235 g/mol. The van der Waals surface area contributed by atoms with Gasteiger partial charge in [0.15, 0.2) is 0 Å². The summed E-state index contributed by atoms with van der Waals surface area (Å²) in [5.74, 6) is 1.13. The van der Waals surface area contributed by atoms with Crippen molar-refractivity contribution in [2.24, 2.45) is 0 Å². The Morgan fingerprint density at radius 3 is 2.47 bits per heavy atom. The third-order valence-corrected chi connectivity index (χ3v) is 2.26. The predicted octanol–water partition coefficient (Wildman–Crippen LogP) is 3.25. The Labute approximate surface area is 103 Å². The number of rotatable bonds is 7. The molecule has 1 aromatic rings. The number of hydrogen-bond acceptors (Lipinski definition) is 3. The van der Waals surface area contributed by atoms with Crippen LogP contribution in [0.2, 0.25) is 0 Å². The van der Waals surface area contributed by atoms with Gasteiger partial charge in [-0.3, -0.25) is 0 Å².